The number of halogens is 1. The maximum Gasteiger partial charge on any atom is 0.306 e. The van der Waals surface area contributed by atoms with Gasteiger partial charge in [0.25, 0.3) is 0 Å². The lowest BCUT2D eigenvalue weighted by atomic mass is 10.0. The highest BCUT2D eigenvalue weighted by Crippen LogP contribution is 2.26. The van der Waals surface area contributed by atoms with Gasteiger partial charge in [-0.1, -0.05) is 47.6 Å². The van der Waals surface area contributed by atoms with E-state index in [4.69, 9.17) is 26.2 Å². The lowest BCUT2D eigenvalue weighted by Crippen LogP contribution is -2.27. The zero-order valence-corrected chi connectivity index (χ0v) is 19.2. The zero-order valence-electron chi connectivity index (χ0n) is 17.6. The fraction of sp³-hybridized carbons (Fsp3) is 0.348. The van der Waals surface area contributed by atoms with E-state index in [0.717, 1.165) is 11.1 Å². The zero-order chi connectivity index (χ0) is 23.8. The van der Waals surface area contributed by atoms with Gasteiger partial charge in [-0.15, -0.1) is 0 Å². The van der Waals surface area contributed by atoms with Crippen molar-refractivity contribution in [1.29, 1.82) is 0 Å². The van der Waals surface area contributed by atoms with Crippen molar-refractivity contribution in [2.24, 2.45) is 0 Å². The Bertz CT molecular complexity index is 985. The summed E-state index contributed by atoms with van der Waals surface area (Å²) in [4.78, 5) is 34.3. The van der Waals surface area contributed by atoms with Gasteiger partial charge in [-0.05, 0) is 41.8 Å². The minimum absolute atomic E-state index is 0.0211. The number of carbonyl (C=O) groups is 3. The molecular formula is C23H24ClNO7S. The average molecular weight is 494 g/mol. The summed E-state index contributed by atoms with van der Waals surface area (Å²) in [5.41, 5.74) is 0.891. The van der Waals surface area contributed by atoms with Crippen LogP contribution < -0.4 is 10.1 Å². The van der Waals surface area contributed by atoms with Gasteiger partial charge in [0.05, 0.1) is 30.6 Å². The van der Waals surface area contributed by atoms with Crippen LogP contribution in [0.5, 0.6) is 5.75 Å². The molecule has 1 aliphatic rings. The second-order valence-electron chi connectivity index (χ2n) is 7.47. The molecule has 0 saturated carbocycles. The van der Waals surface area contributed by atoms with Crippen molar-refractivity contribution in [2.45, 2.75) is 36.0 Å². The van der Waals surface area contributed by atoms with Gasteiger partial charge in [0.2, 0.25) is 5.91 Å². The third-order valence-electron chi connectivity index (χ3n) is 4.96. The molecule has 1 heterocycles. The minimum atomic E-state index is -1.06. The Kier molecular flexibility index (Phi) is 8.99. The van der Waals surface area contributed by atoms with Crippen LogP contribution in [0.3, 0.4) is 0 Å². The number of carboxylic acids is 1. The lowest BCUT2D eigenvalue weighted by Gasteiger charge is -2.19. The second-order valence-corrected chi connectivity index (χ2v) is 9.20. The number of thioether (sulfide) groups is 1. The van der Waals surface area contributed by atoms with E-state index in [1.807, 2.05) is 18.2 Å². The summed E-state index contributed by atoms with van der Waals surface area (Å²) in [5, 5.41) is 20.9. The first-order valence-electron chi connectivity index (χ1n) is 10.3. The molecule has 3 unspecified atom stereocenters. The molecule has 0 radical (unpaired) electrons. The van der Waals surface area contributed by atoms with E-state index in [1.165, 1.54) is 11.8 Å². The molecule has 0 aliphatic carbocycles. The number of hydrogen-bond donors (Lipinski definition) is 3. The van der Waals surface area contributed by atoms with Crippen molar-refractivity contribution in [3.8, 4) is 5.75 Å². The molecule has 3 rings (SSSR count). The van der Waals surface area contributed by atoms with Gasteiger partial charge in [-0.25, -0.2) is 0 Å². The van der Waals surface area contributed by atoms with E-state index in [0.29, 0.717) is 17.2 Å². The van der Waals surface area contributed by atoms with Crippen LogP contribution in [-0.2, 0) is 25.5 Å². The molecule has 3 N–H and O–H groups in total. The molecule has 1 fully saturated rings. The molecule has 33 heavy (non-hydrogen) atoms. The summed E-state index contributed by atoms with van der Waals surface area (Å²) >= 11 is 7.28. The van der Waals surface area contributed by atoms with Gasteiger partial charge in [0.15, 0.2) is 5.56 Å². The molecule has 176 valence electrons. The first-order chi connectivity index (χ1) is 15.8. The topological polar surface area (TPSA) is 122 Å². The molecule has 2 aromatic carbocycles. The van der Waals surface area contributed by atoms with Crippen LogP contribution in [0.25, 0.3) is 0 Å². The maximum absolute atomic E-state index is 11.8. The highest BCUT2D eigenvalue weighted by Gasteiger charge is 2.31. The quantitative estimate of drug-likeness (QED) is 0.408. The number of aliphatic carboxylic acids is 1. The Morgan fingerprint density at radius 2 is 1.88 bits per heavy atom. The number of ether oxygens (including phenoxy) is 2. The van der Waals surface area contributed by atoms with E-state index < -0.39 is 17.5 Å². The molecule has 3 atom stereocenters. The van der Waals surface area contributed by atoms with E-state index in [1.54, 1.807) is 30.3 Å². The largest absolute Gasteiger partial charge is 0.493 e. The first-order valence-corrected chi connectivity index (χ1v) is 11.6. The summed E-state index contributed by atoms with van der Waals surface area (Å²) in [6.45, 7) is 0.228. The van der Waals surface area contributed by atoms with Crippen molar-refractivity contribution in [3.05, 3.63) is 64.7 Å². The Hall–Kier alpha value is -2.75. The summed E-state index contributed by atoms with van der Waals surface area (Å²) < 4.78 is 11.2. The predicted octanol–water partition coefficient (Wildman–Crippen LogP) is 2.96. The molecule has 10 heteroatoms. The van der Waals surface area contributed by atoms with E-state index >= 15 is 0 Å². The van der Waals surface area contributed by atoms with Crippen molar-refractivity contribution >= 4 is 41.2 Å². The van der Waals surface area contributed by atoms with Crippen molar-refractivity contribution < 1.29 is 34.1 Å². The van der Waals surface area contributed by atoms with E-state index in [9.17, 15) is 19.5 Å². The maximum atomic E-state index is 11.8. The number of hydrogen-bond acceptors (Lipinski definition) is 7. The number of carboxylic acid groups (broad SMARTS) is 1. The molecule has 1 aliphatic heterocycles. The van der Waals surface area contributed by atoms with Crippen molar-refractivity contribution in [1.82, 2.24) is 5.32 Å². The van der Waals surface area contributed by atoms with Gasteiger partial charge in [0, 0.05) is 5.02 Å². The van der Waals surface area contributed by atoms with Gasteiger partial charge < -0.3 is 25.0 Å². The fourth-order valence-corrected chi connectivity index (χ4v) is 4.39. The fourth-order valence-electron chi connectivity index (χ4n) is 3.22. The van der Waals surface area contributed by atoms with Crippen LogP contribution in [0.4, 0.5) is 0 Å². The molecule has 0 bridgehead atoms. The van der Waals surface area contributed by atoms with Gasteiger partial charge in [-0.2, -0.15) is 0 Å². The number of rotatable bonds is 11. The van der Waals surface area contributed by atoms with Crippen LogP contribution >= 0.6 is 23.4 Å². The van der Waals surface area contributed by atoms with Crippen LogP contribution in [0.1, 0.15) is 29.9 Å². The molecule has 2 aromatic rings. The van der Waals surface area contributed by atoms with Crippen LogP contribution in [0.2, 0.25) is 5.02 Å². The molecular weight excluding hydrogens is 470 g/mol. The predicted molar refractivity (Wildman–Crippen MR) is 123 cm³/mol. The average Bonchev–Trinajstić information content (AvgIpc) is 3.09. The third kappa shape index (κ3) is 7.96. The van der Waals surface area contributed by atoms with Gasteiger partial charge in [-0.3, -0.25) is 14.4 Å². The van der Waals surface area contributed by atoms with Crippen LogP contribution in [0.15, 0.2) is 48.5 Å². The molecule has 0 spiro atoms. The standard InChI is InChI=1S/C23H24ClNO7S/c24-17-3-1-2-15(11-17)16(13-32-21(28)9-8-20(26)27)12-31-18-6-4-14(5-7-18)10-19-22(29)25-23(30)33-19/h1-7,11,16,19,23,30H,8-10,12-13H2,(H,25,29)(H,26,27). The monoisotopic (exact) mass is 493 g/mol. The minimum Gasteiger partial charge on any atom is -0.493 e. The molecule has 1 saturated heterocycles. The summed E-state index contributed by atoms with van der Waals surface area (Å²) in [5.74, 6) is -1.54. The smallest absolute Gasteiger partial charge is 0.306 e. The van der Waals surface area contributed by atoms with Gasteiger partial charge >= 0.3 is 11.9 Å². The normalized spacial score (nSPS) is 18.4. The number of aliphatic hydroxyl groups is 1. The molecule has 1 amide bonds. The Balaban J connectivity index is 1.58. The Morgan fingerprint density at radius 3 is 2.52 bits per heavy atom. The summed E-state index contributed by atoms with van der Waals surface area (Å²) in [7, 11) is 0. The van der Waals surface area contributed by atoms with E-state index in [-0.39, 0.29) is 43.1 Å². The van der Waals surface area contributed by atoms with Crippen LogP contribution in [0, 0.1) is 0 Å². The second kappa shape index (κ2) is 11.9. The number of benzene rings is 2. The third-order valence-corrected chi connectivity index (χ3v) is 6.28. The SMILES string of the molecule is O=C(O)CCC(=O)OCC(COc1ccc(CC2SC(O)NC2=O)cc1)c1cccc(Cl)c1. The summed E-state index contributed by atoms with van der Waals surface area (Å²) in [6, 6.07) is 14.4. The number of carbonyl (C=O) groups excluding carboxylic acids is 2. The van der Waals surface area contributed by atoms with Gasteiger partial charge in [0.1, 0.15) is 12.4 Å². The van der Waals surface area contributed by atoms with E-state index in [2.05, 4.69) is 5.32 Å². The number of aliphatic hydroxyl groups excluding tert-OH is 1. The number of amides is 1. The first kappa shape index (κ1) is 24.9. The molecule has 8 nitrogen and oxygen atoms in total. The highest BCUT2D eigenvalue weighted by molar-refractivity contribution is 8.01. The molecule has 0 aromatic heterocycles. The summed E-state index contributed by atoms with van der Waals surface area (Å²) in [6.07, 6.45) is 0.00300. The lowest BCUT2D eigenvalue weighted by molar-refractivity contribution is -0.148. The van der Waals surface area contributed by atoms with Crippen molar-refractivity contribution in [3.63, 3.8) is 0 Å². The van der Waals surface area contributed by atoms with Crippen LogP contribution in [-0.4, -0.2) is 52.1 Å². The number of esters is 1. The Labute approximate surface area is 200 Å². The Morgan fingerprint density at radius 1 is 1.12 bits per heavy atom. The number of nitrogens with one attached hydrogen (secondary N) is 1. The van der Waals surface area contributed by atoms with Crippen molar-refractivity contribution in [2.75, 3.05) is 13.2 Å². The highest BCUT2D eigenvalue weighted by atomic mass is 35.5.